The van der Waals surface area contributed by atoms with Crippen LogP contribution in [0.2, 0.25) is 0 Å². The van der Waals surface area contributed by atoms with Gasteiger partial charge in [-0.25, -0.2) is 4.98 Å². The van der Waals surface area contributed by atoms with Crippen LogP contribution in [0.5, 0.6) is 0 Å². The summed E-state index contributed by atoms with van der Waals surface area (Å²) in [5, 5.41) is 7.25. The van der Waals surface area contributed by atoms with Gasteiger partial charge in [0.05, 0.1) is 6.33 Å². The first-order valence-electron chi connectivity index (χ1n) is 3.11. The second-order valence-electron chi connectivity index (χ2n) is 2.17. The Kier molecular flexibility index (Phi) is 1.21. The van der Waals surface area contributed by atoms with E-state index in [1.165, 1.54) is 6.39 Å². The van der Waals surface area contributed by atoms with Crippen LogP contribution in [0.1, 0.15) is 0 Å². The van der Waals surface area contributed by atoms with E-state index in [1.54, 1.807) is 6.33 Å². The van der Waals surface area contributed by atoms with Gasteiger partial charge in [0.25, 0.3) is 5.89 Å². The van der Waals surface area contributed by atoms with Crippen molar-refractivity contribution in [2.75, 3.05) is 0 Å². The standard InChI is InChI=1S/C6H6N4O/c1-10-2-5(7-3-10)6-9-8-4-11-6/h2-4H,1H3. The Morgan fingerprint density at radius 2 is 2.45 bits per heavy atom. The lowest BCUT2D eigenvalue weighted by molar-refractivity contribution is 0.566. The van der Waals surface area contributed by atoms with Gasteiger partial charge in [-0.15, -0.1) is 10.2 Å². The molecule has 0 saturated carbocycles. The third kappa shape index (κ3) is 1.000. The van der Waals surface area contributed by atoms with Crippen LogP contribution in [-0.4, -0.2) is 19.7 Å². The van der Waals surface area contributed by atoms with Crippen molar-refractivity contribution in [2.45, 2.75) is 0 Å². The van der Waals surface area contributed by atoms with Crippen molar-refractivity contribution >= 4 is 0 Å². The molecule has 0 unspecified atom stereocenters. The predicted octanol–water partition coefficient (Wildman–Crippen LogP) is 0.470. The zero-order chi connectivity index (χ0) is 7.68. The Balaban J connectivity index is 2.45. The number of imidazole rings is 1. The molecule has 0 N–H and O–H groups in total. The maximum atomic E-state index is 4.93. The van der Waals surface area contributed by atoms with E-state index < -0.39 is 0 Å². The molecule has 5 nitrogen and oxygen atoms in total. The maximum Gasteiger partial charge on any atom is 0.267 e. The Morgan fingerprint density at radius 3 is 3.00 bits per heavy atom. The molecular formula is C6H6N4O. The molecule has 2 rings (SSSR count). The lowest BCUT2D eigenvalue weighted by atomic mass is 10.5. The topological polar surface area (TPSA) is 56.7 Å². The van der Waals surface area contributed by atoms with E-state index in [1.807, 2.05) is 17.8 Å². The van der Waals surface area contributed by atoms with Crippen LogP contribution in [0.4, 0.5) is 0 Å². The van der Waals surface area contributed by atoms with E-state index in [-0.39, 0.29) is 0 Å². The van der Waals surface area contributed by atoms with Gasteiger partial charge in [0.15, 0.2) is 0 Å². The molecular weight excluding hydrogens is 144 g/mol. The zero-order valence-electron chi connectivity index (χ0n) is 5.93. The van der Waals surface area contributed by atoms with Crippen LogP contribution >= 0.6 is 0 Å². The molecule has 0 aliphatic rings. The summed E-state index contributed by atoms with van der Waals surface area (Å²) >= 11 is 0. The van der Waals surface area contributed by atoms with Gasteiger partial charge in [-0.2, -0.15) is 0 Å². The van der Waals surface area contributed by atoms with Gasteiger partial charge in [0.2, 0.25) is 6.39 Å². The molecule has 0 amide bonds. The lowest BCUT2D eigenvalue weighted by Crippen LogP contribution is -1.78. The molecule has 2 aromatic rings. The molecule has 2 heterocycles. The van der Waals surface area contributed by atoms with E-state index in [2.05, 4.69) is 15.2 Å². The average Bonchev–Trinajstić information content (AvgIpc) is 2.55. The van der Waals surface area contributed by atoms with Gasteiger partial charge in [-0.1, -0.05) is 0 Å². The second-order valence-corrected chi connectivity index (χ2v) is 2.17. The summed E-state index contributed by atoms with van der Waals surface area (Å²) in [6.07, 6.45) is 4.77. The van der Waals surface area contributed by atoms with Crippen molar-refractivity contribution in [3.8, 4) is 11.6 Å². The SMILES string of the molecule is Cn1cnc(-c2nnco2)c1. The first-order valence-corrected chi connectivity index (χ1v) is 3.11. The van der Waals surface area contributed by atoms with Gasteiger partial charge in [0, 0.05) is 13.2 Å². The molecule has 11 heavy (non-hydrogen) atoms. The Morgan fingerprint density at radius 1 is 1.55 bits per heavy atom. The third-order valence-electron chi connectivity index (χ3n) is 1.28. The highest BCUT2D eigenvalue weighted by Gasteiger charge is 2.04. The van der Waals surface area contributed by atoms with Crippen LogP contribution in [0.3, 0.4) is 0 Å². The van der Waals surface area contributed by atoms with Gasteiger partial charge in [-0.05, 0) is 0 Å². The largest absolute Gasteiger partial charge is 0.422 e. The van der Waals surface area contributed by atoms with Gasteiger partial charge >= 0.3 is 0 Å². The van der Waals surface area contributed by atoms with Gasteiger partial charge in [-0.3, -0.25) is 0 Å². The van der Waals surface area contributed by atoms with Crippen LogP contribution in [0, 0.1) is 0 Å². The third-order valence-corrected chi connectivity index (χ3v) is 1.28. The lowest BCUT2D eigenvalue weighted by Gasteiger charge is -1.82. The molecule has 2 aromatic heterocycles. The Labute approximate surface area is 62.7 Å². The van der Waals surface area contributed by atoms with Crippen molar-refractivity contribution in [1.82, 2.24) is 19.7 Å². The van der Waals surface area contributed by atoms with Gasteiger partial charge < -0.3 is 8.98 Å². The molecule has 0 aliphatic heterocycles. The Bertz CT molecular complexity index is 337. The summed E-state index contributed by atoms with van der Waals surface area (Å²) in [6, 6.07) is 0. The van der Waals surface area contributed by atoms with Crippen molar-refractivity contribution in [3.63, 3.8) is 0 Å². The number of rotatable bonds is 1. The van der Waals surface area contributed by atoms with Crippen molar-refractivity contribution in [2.24, 2.45) is 7.05 Å². The number of hydrogen-bond acceptors (Lipinski definition) is 4. The van der Waals surface area contributed by atoms with E-state index in [0.717, 1.165) is 0 Å². The van der Waals surface area contributed by atoms with Crippen LogP contribution in [-0.2, 0) is 7.05 Å². The van der Waals surface area contributed by atoms with Crippen LogP contribution < -0.4 is 0 Å². The molecule has 0 radical (unpaired) electrons. The molecule has 0 aromatic carbocycles. The summed E-state index contributed by atoms with van der Waals surface area (Å²) in [4.78, 5) is 4.02. The molecule has 0 atom stereocenters. The predicted molar refractivity (Wildman–Crippen MR) is 36.5 cm³/mol. The highest BCUT2D eigenvalue weighted by atomic mass is 16.4. The van der Waals surface area contributed by atoms with Crippen LogP contribution in [0.15, 0.2) is 23.3 Å². The smallest absolute Gasteiger partial charge is 0.267 e. The number of aromatic nitrogens is 4. The molecule has 56 valence electrons. The summed E-state index contributed by atoms with van der Waals surface area (Å²) in [5.74, 6) is 0.450. The average molecular weight is 150 g/mol. The summed E-state index contributed by atoms with van der Waals surface area (Å²) in [6.45, 7) is 0. The molecule has 0 saturated heterocycles. The fourth-order valence-corrected chi connectivity index (χ4v) is 0.808. The molecule has 0 bridgehead atoms. The Hall–Kier alpha value is -1.65. The fraction of sp³-hybridized carbons (Fsp3) is 0.167. The molecule has 0 spiro atoms. The first-order chi connectivity index (χ1) is 5.36. The van der Waals surface area contributed by atoms with E-state index in [4.69, 9.17) is 4.42 Å². The number of nitrogens with zero attached hydrogens (tertiary/aromatic N) is 4. The minimum Gasteiger partial charge on any atom is -0.422 e. The number of aryl methyl sites for hydroxylation is 1. The fourth-order valence-electron chi connectivity index (χ4n) is 0.808. The molecule has 0 aliphatic carbocycles. The van der Waals surface area contributed by atoms with E-state index in [9.17, 15) is 0 Å². The van der Waals surface area contributed by atoms with Gasteiger partial charge in [0.1, 0.15) is 5.69 Å². The minimum absolute atomic E-state index is 0.450. The quantitative estimate of drug-likeness (QED) is 0.593. The number of hydrogen-bond donors (Lipinski definition) is 0. The monoisotopic (exact) mass is 150 g/mol. The second kappa shape index (κ2) is 2.19. The van der Waals surface area contributed by atoms with E-state index >= 15 is 0 Å². The summed E-state index contributed by atoms with van der Waals surface area (Å²) in [5.41, 5.74) is 0.699. The highest BCUT2D eigenvalue weighted by Crippen LogP contribution is 2.11. The van der Waals surface area contributed by atoms with Crippen molar-refractivity contribution < 1.29 is 4.42 Å². The zero-order valence-corrected chi connectivity index (χ0v) is 5.93. The van der Waals surface area contributed by atoms with Crippen molar-refractivity contribution in [1.29, 1.82) is 0 Å². The molecule has 0 fully saturated rings. The first kappa shape index (κ1) is 6.09. The maximum absolute atomic E-state index is 4.93. The summed E-state index contributed by atoms with van der Waals surface area (Å²) < 4.78 is 6.75. The van der Waals surface area contributed by atoms with Crippen LogP contribution in [0.25, 0.3) is 11.6 Å². The normalized spacial score (nSPS) is 10.3. The molecule has 5 heteroatoms. The van der Waals surface area contributed by atoms with Crippen molar-refractivity contribution in [3.05, 3.63) is 18.9 Å². The summed E-state index contributed by atoms with van der Waals surface area (Å²) in [7, 11) is 1.88. The minimum atomic E-state index is 0.450. The highest BCUT2D eigenvalue weighted by molar-refractivity contribution is 5.43. The van der Waals surface area contributed by atoms with E-state index in [0.29, 0.717) is 11.6 Å².